The molecule has 1 rings (SSSR count). The molecule has 4 nitrogen and oxygen atoms in total. The minimum atomic E-state index is -0.147. The maximum absolute atomic E-state index is 11.3. The highest BCUT2D eigenvalue weighted by molar-refractivity contribution is 6.30. The van der Waals surface area contributed by atoms with E-state index in [1.807, 2.05) is 0 Å². The molecular weight excluding hydrogens is 214 g/mol. The van der Waals surface area contributed by atoms with Gasteiger partial charge in [-0.25, -0.2) is 4.98 Å². The predicted molar refractivity (Wildman–Crippen MR) is 60.9 cm³/mol. The molecule has 0 atom stereocenters. The number of carbonyl (C=O) groups excluding carboxylic acids is 1. The van der Waals surface area contributed by atoms with Crippen LogP contribution in [0.2, 0.25) is 5.02 Å². The normalized spacial score (nSPS) is 9.67. The number of amides is 1. The minimum Gasteiger partial charge on any atom is -0.310 e. The molecule has 1 aromatic heterocycles. The molecule has 5 heteroatoms. The lowest BCUT2D eigenvalue weighted by Crippen LogP contribution is -2.28. The number of anilines is 1. The third kappa shape index (κ3) is 4.58. The summed E-state index contributed by atoms with van der Waals surface area (Å²) in [4.78, 5) is 15.2. The Balaban J connectivity index is 2.37. The van der Waals surface area contributed by atoms with Crippen molar-refractivity contribution >= 4 is 23.3 Å². The van der Waals surface area contributed by atoms with Crippen LogP contribution < -0.4 is 10.6 Å². The summed E-state index contributed by atoms with van der Waals surface area (Å²) in [7, 11) is 0. The van der Waals surface area contributed by atoms with Crippen molar-refractivity contribution < 1.29 is 4.79 Å². The first-order valence-corrected chi connectivity index (χ1v) is 4.83. The Labute approximate surface area is 93.4 Å². The second kappa shape index (κ2) is 6.16. The molecule has 0 aliphatic heterocycles. The van der Waals surface area contributed by atoms with Gasteiger partial charge >= 0.3 is 0 Å². The number of hydrogen-bond donors (Lipinski definition) is 2. The third-order valence-electron chi connectivity index (χ3n) is 1.57. The first-order chi connectivity index (χ1) is 7.22. The van der Waals surface area contributed by atoms with Crippen molar-refractivity contribution in [1.82, 2.24) is 10.3 Å². The van der Waals surface area contributed by atoms with Crippen LogP contribution >= 0.6 is 11.6 Å². The van der Waals surface area contributed by atoms with E-state index in [0.29, 0.717) is 17.4 Å². The van der Waals surface area contributed by atoms with Gasteiger partial charge in [-0.05, 0) is 12.1 Å². The van der Waals surface area contributed by atoms with Crippen LogP contribution in [0.15, 0.2) is 31.0 Å². The van der Waals surface area contributed by atoms with Gasteiger partial charge in [0.05, 0.1) is 11.6 Å². The number of pyridine rings is 1. The maximum Gasteiger partial charge on any atom is 0.239 e. The first-order valence-electron chi connectivity index (χ1n) is 4.45. The third-order valence-corrected chi connectivity index (χ3v) is 1.79. The lowest BCUT2D eigenvalue weighted by molar-refractivity contribution is -0.115. The zero-order valence-electron chi connectivity index (χ0n) is 8.16. The van der Waals surface area contributed by atoms with Crippen molar-refractivity contribution in [1.29, 1.82) is 0 Å². The Bertz CT molecular complexity index is 337. The molecule has 0 bridgehead atoms. The number of nitrogens with one attached hydrogen (secondary N) is 2. The predicted octanol–water partition coefficient (Wildman–Crippen LogP) is 1.45. The summed E-state index contributed by atoms with van der Waals surface area (Å²) in [5.74, 6) is 0.344. The average molecular weight is 226 g/mol. The van der Waals surface area contributed by atoms with Gasteiger partial charge in [-0.2, -0.15) is 0 Å². The summed E-state index contributed by atoms with van der Waals surface area (Å²) < 4.78 is 0. The van der Waals surface area contributed by atoms with E-state index in [-0.39, 0.29) is 12.5 Å². The van der Waals surface area contributed by atoms with Gasteiger partial charge in [0.15, 0.2) is 0 Å². The number of carbonyl (C=O) groups is 1. The molecule has 0 aromatic carbocycles. The van der Waals surface area contributed by atoms with E-state index in [4.69, 9.17) is 11.6 Å². The monoisotopic (exact) mass is 225 g/mol. The molecule has 80 valence electrons. The van der Waals surface area contributed by atoms with Gasteiger partial charge in [-0.1, -0.05) is 17.7 Å². The highest BCUT2D eigenvalue weighted by Gasteiger charge is 2.01. The summed E-state index contributed by atoms with van der Waals surface area (Å²) in [5, 5.41) is 6.04. The minimum absolute atomic E-state index is 0.147. The van der Waals surface area contributed by atoms with Gasteiger partial charge in [0.2, 0.25) is 5.91 Å². The fourth-order valence-electron chi connectivity index (χ4n) is 0.925. The molecule has 0 unspecified atom stereocenters. The molecule has 0 radical (unpaired) electrons. The zero-order valence-corrected chi connectivity index (χ0v) is 8.92. The Morgan fingerprint density at radius 1 is 1.60 bits per heavy atom. The van der Waals surface area contributed by atoms with Crippen molar-refractivity contribution in [3.63, 3.8) is 0 Å². The number of halogens is 1. The largest absolute Gasteiger partial charge is 0.310 e. The lowest BCUT2D eigenvalue weighted by atomic mass is 10.4. The highest BCUT2D eigenvalue weighted by atomic mass is 35.5. The van der Waals surface area contributed by atoms with Gasteiger partial charge in [0.25, 0.3) is 0 Å². The molecule has 1 aromatic rings. The average Bonchev–Trinajstić information content (AvgIpc) is 2.22. The molecule has 0 aliphatic rings. The Hall–Kier alpha value is -1.39. The second-order valence-electron chi connectivity index (χ2n) is 2.83. The van der Waals surface area contributed by atoms with Crippen LogP contribution in [-0.4, -0.2) is 24.0 Å². The zero-order chi connectivity index (χ0) is 11.1. The molecule has 1 heterocycles. The van der Waals surface area contributed by atoms with E-state index in [1.54, 1.807) is 18.2 Å². The molecule has 0 fully saturated rings. The number of aromatic nitrogens is 1. The van der Waals surface area contributed by atoms with Crippen molar-refractivity contribution in [2.75, 3.05) is 18.4 Å². The van der Waals surface area contributed by atoms with Crippen LogP contribution in [0.3, 0.4) is 0 Å². The highest BCUT2D eigenvalue weighted by Crippen LogP contribution is 2.08. The summed E-state index contributed by atoms with van der Waals surface area (Å²) in [6.45, 7) is 4.36. The maximum atomic E-state index is 11.3. The van der Waals surface area contributed by atoms with E-state index < -0.39 is 0 Å². The van der Waals surface area contributed by atoms with Gasteiger partial charge < -0.3 is 10.6 Å². The van der Waals surface area contributed by atoms with Crippen molar-refractivity contribution in [2.45, 2.75) is 0 Å². The lowest BCUT2D eigenvalue weighted by Gasteiger charge is -2.04. The molecule has 0 saturated heterocycles. The molecule has 0 spiro atoms. The van der Waals surface area contributed by atoms with Crippen LogP contribution in [0, 0.1) is 0 Å². The first kappa shape index (κ1) is 11.7. The van der Waals surface area contributed by atoms with E-state index in [9.17, 15) is 4.79 Å². The fourth-order valence-corrected chi connectivity index (χ4v) is 1.04. The van der Waals surface area contributed by atoms with Gasteiger partial charge in [-0.3, -0.25) is 4.79 Å². The smallest absolute Gasteiger partial charge is 0.239 e. The topological polar surface area (TPSA) is 54.0 Å². The Morgan fingerprint density at radius 3 is 3.00 bits per heavy atom. The van der Waals surface area contributed by atoms with Gasteiger partial charge in [0, 0.05) is 12.7 Å². The standard InChI is InChI=1S/C10H12ClN3O/c1-2-5-12-7-10(15)14-9-4-3-8(11)6-13-9/h2-4,6,12H,1,5,7H2,(H,13,14,15). The number of hydrogen-bond acceptors (Lipinski definition) is 3. The molecule has 0 aliphatic carbocycles. The second-order valence-corrected chi connectivity index (χ2v) is 3.27. The Morgan fingerprint density at radius 2 is 2.40 bits per heavy atom. The van der Waals surface area contributed by atoms with Gasteiger partial charge in [-0.15, -0.1) is 6.58 Å². The van der Waals surface area contributed by atoms with Crippen molar-refractivity contribution in [3.05, 3.63) is 36.0 Å². The number of rotatable bonds is 5. The van der Waals surface area contributed by atoms with Crippen molar-refractivity contribution in [3.8, 4) is 0 Å². The van der Waals surface area contributed by atoms with E-state index >= 15 is 0 Å². The SMILES string of the molecule is C=CCNCC(=O)Nc1ccc(Cl)cn1. The molecule has 1 amide bonds. The summed E-state index contributed by atoms with van der Waals surface area (Å²) in [6.07, 6.45) is 3.17. The summed E-state index contributed by atoms with van der Waals surface area (Å²) >= 11 is 5.65. The van der Waals surface area contributed by atoms with Crippen LogP contribution in [0.4, 0.5) is 5.82 Å². The van der Waals surface area contributed by atoms with E-state index in [1.165, 1.54) is 6.20 Å². The van der Waals surface area contributed by atoms with E-state index in [0.717, 1.165) is 0 Å². The summed E-state index contributed by atoms with van der Waals surface area (Å²) in [5.41, 5.74) is 0. The Kier molecular flexibility index (Phi) is 4.80. The van der Waals surface area contributed by atoms with Crippen LogP contribution in [-0.2, 0) is 4.79 Å². The van der Waals surface area contributed by atoms with Gasteiger partial charge in [0.1, 0.15) is 5.82 Å². The fraction of sp³-hybridized carbons (Fsp3) is 0.200. The van der Waals surface area contributed by atoms with Crippen LogP contribution in [0.25, 0.3) is 0 Å². The molecule has 2 N–H and O–H groups in total. The number of nitrogens with zero attached hydrogens (tertiary/aromatic N) is 1. The molecule has 15 heavy (non-hydrogen) atoms. The van der Waals surface area contributed by atoms with Crippen LogP contribution in [0.1, 0.15) is 0 Å². The van der Waals surface area contributed by atoms with Crippen molar-refractivity contribution in [2.24, 2.45) is 0 Å². The van der Waals surface area contributed by atoms with Crippen LogP contribution in [0.5, 0.6) is 0 Å². The molecular formula is C10H12ClN3O. The molecule has 0 saturated carbocycles. The quantitative estimate of drug-likeness (QED) is 0.589. The summed E-state index contributed by atoms with van der Waals surface area (Å²) in [6, 6.07) is 3.31. The van der Waals surface area contributed by atoms with E-state index in [2.05, 4.69) is 22.2 Å².